The number of aromatic nitrogens is 2. The minimum Gasteiger partial charge on any atom is -0.457 e. The topological polar surface area (TPSA) is 27.1 Å². The van der Waals surface area contributed by atoms with Crippen LogP contribution in [0.25, 0.3) is 22.4 Å². The second-order valence-corrected chi connectivity index (χ2v) is 7.08. The van der Waals surface area contributed by atoms with Crippen LogP contribution >= 0.6 is 0 Å². The standard InChI is InChI=1S/C24H21F3N2O/c1-2-3-14-29-22-13-5-4-12-21(22)28-23(29)17-8-6-10-19(15-17)30-20-11-7-9-18(16-20)24(25,26)27/h4-13,15-16H,2-3,14H2,1H3. The smallest absolute Gasteiger partial charge is 0.416 e. The summed E-state index contributed by atoms with van der Waals surface area (Å²) in [6, 6.07) is 20.1. The Kier molecular flexibility index (Phi) is 5.48. The molecule has 4 rings (SSSR count). The van der Waals surface area contributed by atoms with Crippen molar-refractivity contribution in [2.75, 3.05) is 0 Å². The van der Waals surface area contributed by atoms with E-state index in [9.17, 15) is 13.2 Å². The van der Waals surface area contributed by atoms with E-state index in [0.29, 0.717) is 5.75 Å². The van der Waals surface area contributed by atoms with Crippen molar-refractivity contribution in [2.45, 2.75) is 32.5 Å². The lowest BCUT2D eigenvalue weighted by molar-refractivity contribution is -0.137. The molecule has 0 spiro atoms. The van der Waals surface area contributed by atoms with Gasteiger partial charge < -0.3 is 9.30 Å². The van der Waals surface area contributed by atoms with E-state index in [2.05, 4.69) is 11.5 Å². The maximum atomic E-state index is 13.0. The number of ether oxygens (including phenoxy) is 1. The average molecular weight is 410 g/mol. The fourth-order valence-corrected chi connectivity index (χ4v) is 3.41. The van der Waals surface area contributed by atoms with Crippen molar-refractivity contribution in [1.29, 1.82) is 0 Å². The molecule has 4 aromatic rings. The van der Waals surface area contributed by atoms with Crippen molar-refractivity contribution in [3.8, 4) is 22.9 Å². The highest BCUT2D eigenvalue weighted by atomic mass is 19.4. The van der Waals surface area contributed by atoms with Gasteiger partial charge in [-0.15, -0.1) is 0 Å². The lowest BCUT2D eigenvalue weighted by atomic mass is 10.2. The van der Waals surface area contributed by atoms with Crippen molar-refractivity contribution < 1.29 is 17.9 Å². The Morgan fingerprint density at radius 3 is 2.40 bits per heavy atom. The molecule has 1 aromatic heterocycles. The number of alkyl halides is 3. The first-order valence-corrected chi connectivity index (χ1v) is 9.86. The number of halogens is 3. The Morgan fingerprint density at radius 2 is 1.63 bits per heavy atom. The molecule has 0 bridgehead atoms. The molecule has 0 saturated carbocycles. The van der Waals surface area contributed by atoms with Crippen LogP contribution in [0.5, 0.6) is 11.5 Å². The second-order valence-electron chi connectivity index (χ2n) is 7.08. The molecule has 154 valence electrons. The summed E-state index contributed by atoms with van der Waals surface area (Å²) in [6.07, 6.45) is -2.33. The van der Waals surface area contributed by atoms with Crippen LogP contribution in [0.3, 0.4) is 0 Å². The Bertz CT molecular complexity index is 1160. The lowest BCUT2D eigenvalue weighted by Crippen LogP contribution is -2.04. The Hall–Kier alpha value is -3.28. The first-order valence-electron chi connectivity index (χ1n) is 9.86. The molecule has 0 aliphatic rings. The van der Waals surface area contributed by atoms with E-state index in [4.69, 9.17) is 9.72 Å². The predicted molar refractivity (Wildman–Crippen MR) is 112 cm³/mol. The number of imidazole rings is 1. The fourth-order valence-electron chi connectivity index (χ4n) is 3.41. The number of benzene rings is 3. The van der Waals surface area contributed by atoms with E-state index in [0.717, 1.165) is 53.9 Å². The number of aryl methyl sites for hydroxylation is 1. The minimum atomic E-state index is -4.41. The van der Waals surface area contributed by atoms with Crippen molar-refractivity contribution in [2.24, 2.45) is 0 Å². The van der Waals surface area contributed by atoms with Gasteiger partial charge in [-0.3, -0.25) is 0 Å². The molecule has 1 heterocycles. The van der Waals surface area contributed by atoms with Gasteiger partial charge in [-0.1, -0.05) is 43.7 Å². The summed E-state index contributed by atoms with van der Waals surface area (Å²) in [4.78, 5) is 4.79. The number of para-hydroxylation sites is 2. The van der Waals surface area contributed by atoms with E-state index in [1.54, 1.807) is 6.07 Å². The Labute approximate surface area is 172 Å². The Morgan fingerprint density at radius 1 is 0.900 bits per heavy atom. The molecule has 6 heteroatoms. The lowest BCUT2D eigenvalue weighted by Gasteiger charge is -2.12. The minimum absolute atomic E-state index is 0.140. The molecule has 0 unspecified atom stereocenters. The van der Waals surface area contributed by atoms with E-state index in [1.165, 1.54) is 12.1 Å². The van der Waals surface area contributed by atoms with Gasteiger partial charge in [0.25, 0.3) is 0 Å². The van der Waals surface area contributed by atoms with Crippen LogP contribution < -0.4 is 4.74 Å². The molecule has 0 fully saturated rings. The maximum Gasteiger partial charge on any atom is 0.416 e. The molecule has 3 aromatic carbocycles. The van der Waals surface area contributed by atoms with Gasteiger partial charge in [-0.2, -0.15) is 13.2 Å². The van der Waals surface area contributed by atoms with E-state index < -0.39 is 11.7 Å². The molecule has 0 saturated heterocycles. The monoisotopic (exact) mass is 410 g/mol. The number of rotatable bonds is 6. The van der Waals surface area contributed by atoms with Gasteiger partial charge in [0.15, 0.2) is 0 Å². The third kappa shape index (κ3) is 4.17. The van der Waals surface area contributed by atoms with Crippen LogP contribution in [-0.2, 0) is 12.7 Å². The summed E-state index contributed by atoms with van der Waals surface area (Å²) in [5.74, 6) is 1.42. The van der Waals surface area contributed by atoms with Gasteiger partial charge in [0.05, 0.1) is 16.6 Å². The van der Waals surface area contributed by atoms with Gasteiger partial charge in [-0.05, 0) is 48.9 Å². The van der Waals surface area contributed by atoms with Gasteiger partial charge in [0.1, 0.15) is 17.3 Å². The fraction of sp³-hybridized carbons (Fsp3) is 0.208. The molecule has 30 heavy (non-hydrogen) atoms. The van der Waals surface area contributed by atoms with Gasteiger partial charge >= 0.3 is 6.18 Å². The molecule has 0 amide bonds. The highest BCUT2D eigenvalue weighted by molar-refractivity contribution is 5.80. The van der Waals surface area contributed by atoms with Gasteiger partial charge in [0, 0.05) is 12.1 Å². The molecular formula is C24H21F3N2O. The van der Waals surface area contributed by atoms with Crippen LogP contribution in [0, 0.1) is 0 Å². The summed E-state index contributed by atoms with van der Waals surface area (Å²) in [5, 5.41) is 0. The third-order valence-electron chi connectivity index (χ3n) is 4.88. The number of unbranched alkanes of at least 4 members (excludes halogenated alkanes) is 1. The summed E-state index contributed by atoms with van der Waals surface area (Å²) in [5.41, 5.74) is 2.09. The zero-order chi connectivity index (χ0) is 21.1. The van der Waals surface area contributed by atoms with Crippen LogP contribution in [0.2, 0.25) is 0 Å². The van der Waals surface area contributed by atoms with E-state index in [-0.39, 0.29) is 5.75 Å². The maximum absolute atomic E-state index is 13.0. The van der Waals surface area contributed by atoms with Crippen LogP contribution in [0.1, 0.15) is 25.3 Å². The molecule has 0 aliphatic heterocycles. The molecule has 0 aliphatic carbocycles. The van der Waals surface area contributed by atoms with E-state index in [1.807, 2.05) is 42.5 Å². The second kappa shape index (κ2) is 8.22. The van der Waals surface area contributed by atoms with Crippen LogP contribution in [0.15, 0.2) is 72.8 Å². The zero-order valence-corrected chi connectivity index (χ0v) is 16.5. The van der Waals surface area contributed by atoms with Crippen molar-refractivity contribution in [3.05, 3.63) is 78.4 Å². The number of hydrogen-bond acceptors (Lipinski definition) is 2. The van der Waals surface area contributed by atoms with Crippen LogP contribution in [0.4, 0.5) is 13.2 Å². The van der Waals surface area contributed by atoms with Crippen molar-refractivity contribution >= 4 is 11.0 Å². The summed E-state index contributed by atoms with van der Waals surface area (Å²) in [6.45, 7) is 2.98. The van der Waals surface area contributed by atoms with Crippen molar-refractivity contribution in [3.63, 3.8) is 0 Å². The van der Waals surface area contributed by atoms with E-state index >= 15 is 0 Å². The largest absolute Gasteiger partial charge is 0.457 e. The molecule has 0 radical (unpaired) electrons. The number of nitrogens with zero attached hydrogens (tertiary/aromatic N) is 2. The normalized spacial score (nSPS) is 11.7. The SMILES string of the molecule is CCCCn1c(-c2cccc(Oc3cccc(C(F)(F)F)c3)c2)nc2ccccc21. The highest BCUT2D eigenvalue weighted by Crippen LogP contribution is 2.34. The summed E-state index contributed by atoms with van der Waals surface area (Å²) >= 11 is 0. The highest BCUT2D eigenvalue weighted by Gasteiger charge is 2.30. The first-order chi connectivity index (χ1) is 14.5. The molecular weight excluding hydrogens is 389 g/mol. The molecule has 0 atom stereocenters. The van der Waals surface area contributed by atoms with Crippen LogP contribution in [-0.4, -0.2) is 9.55 Å². The summed E-state index contributed by atoms with van der Waals surface area (Å²) < 4.78 is 46.8. The first kappa shape index (κ1) is 20.0. The average Bonchev–Trinajstić information content (AvgIpc) is 3.11. The number of fused-ring (bicyclic) bond motifs is 1. The van der Waals surface area contributed by atoms with Crippen molar-refractivity contribution in [1.82, 2.24) is 9.55 Å². The number of hydrogen-bond donors (Lipinski definition) is 0. The van der Waals surface area contributed by atoms with Gasteiger partial charge in [0.2, 0.25) is 0 Å². The quantitative estimate of drug-likeness (QED) is 0.333. The predicted octanol–water partition coefficient (Wildman–Crippen LogP) is 7.31. The zero-order valence-electron chi connectivity index (χ0n) is 16.5. The third-order valence-corrected chi connectivity index (χ3v) is 4.88. The molecule has 3 nitrogen and oxygen atoms in total. The van der Waals surface area contributed by atoms with Gasteiger partial charge in [-0.25, -0.2) is 4.98 Å². The Balaban J connectivity index is 1.69. The molecule has 0 N–H and O–H groups in total. The summed E-state index contributed by atoms with van der Waals surface area (Å²) in [7, 11) is 0.